The number of nitrogens with zero attached hydrogens (tertiary/aromatic N) is 1. The summed E-state index contributed by atoms with van der Waals surface area (Å²) in [7, 11) is 0. The smallest absolute Gasteiger partial charge is 0.405 e. The molecule has 52 heavy (non-hydrogen) atoms. The highest BCUT2D eigenvalue weighted by atomic mass is 19.1. The molecule has 0 aromatic heterocycles. The largest absolute Gasteiger partial charge is 0.465 e. The molecule has 4 N–H and O–H groups in total. The van der Waals surface area contributed by atoms with Crippen LogP contribution in [0.3, 0.4) is 0 Å². The van der Waals surface area contributed by atoms with Gasteiger partial charge < -0.3 is 26.0 Å². The molecule has 10 nitrogen and oxygen atoms in total. The molecule has 5 rings (SSSR count). The van der Waals surface area contributed by atoms with E-state index in [1.807, 2.05) is 84.9 Å². The second kappa shape index (κ2) is 18.4. The van der Waals surface area contributed by atoms with Crippen LogP contribution in [-0.4, -0.2) is 64.8 Å². The van der Waals surface area contributed by atoms with E-state index in [0.717, 1.165) is 22.3 Å². The van der Waals surface area contributed by atoms with Gasteiger partial charge in [-0.2, -0.15) is 0 Å². The van der Waals surface area contributed by atoms with E-state index < -0.39 is 29.9 Å². The molecule has 0 aliphatic carbocycles. The Morgan fingerprint density at radius 3 is 2.00 bits per heavy atom. The zero-order valence-electron chi connectivity index (χ0n) is 28.8. The van der Waals surface area contributed by atoms with Crippen molar-refractivity contribution in [2.45, 2.75) is 63.1 Å². The molecule has 1 aliphatic heterocycles. The molecule has 1 aliphatic rings. The van der Waals surface area contributed by atoms with Crippen LogP contribution >= 0.6 is 0 Å². The number of rotatable bonds is 16. The summed E-state index contributed by atoms with van der Waals surface area (Å²) in [5.41, 5.74) is 4.25. The number of fused-ring (bicyclic) bond motifs is 1. The first-order valence-corrected chi connectivity index (χ1v) is 17.5. The second-order valence-electron chi connectivity index (χ2n) is 12.8. The predicted octanol–water partition coefficient (Wildman–Crippen LogP) is 5.61. The SMILES string of the molecule is O=C(O)NC(CCCCNC(=O)C1Cc2ccccc2CN1C(=O)CCC(=O)c1ccc(F)cc1)C(=O)NCC(c1ccccc1)c1ccccc1. The summed E-state index contributed by atoms with van der Waals surface area (Å²) >= 11 is 0. The van der Waals surface area contributed by atoms with E-state index in [2.05, 4.69) is 16.0 Å². The number of carboxylic acid groups (broad SMARTS) is 1. The van der Waals surface area contributed by atoms with Gasteiger partial charge in [-0.1, -0.05) is 84.9 Å². The van der Waals surface area contributed by atoms with Crippen molar-refractivity contribution in [1.82, 2.24) is 20.9 Å². The van der Waals surface area contributed by atoms with Crippen LogP contribution in [0.15, 0.2) is 109 Å². The van der Waals surface area contributed by atoms with Crippen molar-refractivity contribution in [2.24, 2.45) is 0 Å². The fourth-order valence-electron chi connectivity index (χ4n) is 6.51. The van der Waals surface area contributed by atoms with E-state index in [0.29, 0.717) is 24.8 Å². The standard InChI is InChI=1S/C41H43FN4O6/c42-33-20-18-30(19-21-33)37(47)22-23-38(48)46-27-32-16-8-7-15-31(32)25-36(46)40(50)43-24-10-9-17-35(45-41(51)52)39(49)44-26-34(28-11-3-1-4-12-28)29-13-5-2-6-14-29/h1-8,11-16,18-21,34-36,45H,9-10,17,22-27H2,(H,43,50)(H,44,49)(H,51,52). The Hall–Kier alpha value is -5.84. The molecule has 4 aromatic rings. The first-order valence-electron chi connectivity index (χ1n) is 17.5. The maximum Gasteiger partial charge on any atom is 0.405 e. The first-order chi connectivity index (χ1) is 25.2. The van der Waals surface area contributed by atoms with Crippen molar-refractivity contribution in [2.75, 3.05) is 13.1 Å². The summed E-state index contributed by atoms with van der Waals surface area (Å²) in [6, 6.07) is 30.5. The number of carbonyl (C=O) groups excluding carboxylic acids is 4. The summed E-state index contributed by atoms with van der Waals surface area (Å²) in [6.45, 7) is 0.763. The molecule has 11 heteroatoms. The van der Waals surface area contributed by atoms with E-state index in [1.54, 1.807) is 0 Å². The molecule has 4 aromatic carbocycles. The average molecular weight is 707 g/mol. The van der Waals surface area contributed by atoms with Crippen molar-refractivity contribution in [3.8, 4) is 0 Å². The highest BCUT2D eigenvalue weighted by Crippen LogP contribution is 2.26. The number of hydrogen-bond donors (Lipinski definition) is 4. The minimum absolute atomic E-state index is 0.0742. The van der Waals surface area contributed by atoms with E-state index in [-0.39, 0.29) is 62.4 Å². The topological polar surface area (TPSA) is 145 Å². The van der Waals surface area contributed by atoms with Crippen LogP contribution in [0.25, 0.3) is 0 Å². The fraction of sp³-hybridized carbons (Fsp3) is 0.293. The summed E-state index contributed by atoms with van der Waals surface area (Å²) in [6.07, 6.45) is -0.0267. The lowest BCUT2D eigenvalue weighted by molar-refractivity contribution is -0.141. The Kier molecular flexibility index (Phi) is 13.2. The fourth-order valence-corrected chi connectivity index (χ4v) is 6.51. The van der Waals surface area contributed by atoms with Crippen LogP contribution in [0.4, 0.5) is 9.18 Å². The van der Waals surface area contributed by atoms with E-state index in [4.69, 9.17) is 0 Å². The normalized spacial score (nSPS) is 14.2. The maximum absolute atomic E-state index is 13.5. The molecular weight excluding hydrogens is 663 g/mol. The van der Waals surface area contributed by atoms with E-state index in [1.165, 1.54) is 29.2 Å². The van der Waals surface area contributed by atoms with Gasteiger partial charge in [-0.3, -0.25) is 19.2 Å². The van der Waals surface area contributed by atoms with Crippen LogP contribution in [-0.2, 0) is 27.3 Å². The third-order valence-corrected chi connectivity index (χ3v) is 9.32. The summed E-state index contributed by atoms with van der Waals surface area (Å²) in [5.74, 6) is -1.97. The quantitative estimate of drug-likeness (QED) is 0.0881. The van der Waals surface area contributed by atoms with Crippen LogP contribution in [0.5, 0.6) is 0 Å². The van der Waals surface area contributed by atoms with Crippen molar-refractivity contribution in [3.63, 3.8) is 0 Å². The monoisotopic (exact) mass is 706 g/mol. The van der Waals surface area contributed by atoms with Gasteiger partial charge in [0.2, 0.25) is 17.7 Å². The van der Waals surface area contributed by atoms with Crippen molar-refractivity contribution >= 4 is 29.6 Å². The van der Waals surface area contributed by atoms with Crippen LogP contribution in [0, 0.1) is 5.82 Å². The predicted molar refractivity (Wildman–Crippen MR) is 194 cm³/mol. The van der Waals surface area contributed by atoms with Crippen LogP contribution in [0.2, 0.25) is 0 Å². The lowest BCUT2D eigenvalue weighted by Gasteiger charge is -2.36. The lowest BCUT2D eigenvalue weighted by atomic mass is 9.91. The van der Waals surface area contributed by atoms with E-state index >= 15 is 0 Å². The molecule has 0 saturated carbocycles. The lowest BCUT2D eigenvalue weighted by Crippen LogP contribution is -2.52. The van der Waals surface area contributed by atoms with Gasteiger partial charge in [0.05, 0.1) is 0 Å². The van der Waals surface area contributed by atoms with Gasteiger partial charge in [0.15, 0.2) is 5.78 Å². The number of amides is 4. The van der Waals surface area contributed by atoms with Gasteiger partial charge in [-0.15, -0.1) is 0 Å². The van der Waals surface area contributed by atoms with Crippen molar-refractivity contribution in [1.29, 1.82) is 0 Å². The molecule has 1 heterocycles. The number of hydrogen-bond acceptors (Lipinski definition) is 5. The maximum atomic E-state index is 13.5. The minimum atomic E-state index is -1.31. The molecule has 2 unspecified atom stereocenters. The van der Waals surface area contributed by atoms with Crippen LogP contribution in [0.1, 0.15) is 70.6 Å². The zero-order chi connectivity index (χ0) is 36.9. The van der Waals surface area contributed by atoms with Gasteiger partial charge in [0.25, 0.3) is 0 Å². The number of Topliss-reactive ketones (excluding diaryl/α,β-unsaturated/α-hetero) is 1. The summed E-state index contributed by atoms with van der Waals surface area (Å²) in [4.78, 5) is 65.9. The molecule has 0 radical (unpaired) electrons. The van der Waals surface area contributed by atoms with Crippen molar-refractivity contribution in [3.05, 3.63) is 143 Å². The first kappa shape index (κ1) is 37.4. The van der Waals surface area contributed by atoms with Gasteiger partial charge in [-0.25, -0.2) is 9.18 Å². The third kappa shape index (κ3) is 10.3. The molecule has 4 amide bonds. The number of carbonyl (C=O) groups is 5. The second-order valence-corrected chi connectivity index (χ2v) is 12.8. The number of unbranched alkanes of at least 4 members (excludes halogenated alkanes) is 1. The molecule has 0 bridgehead atoms. The molecule has 270 valence electrons. The Morgan fingerprint density at radius 2 is 1.37 bits per heavy atom. The summed E-state index contributed by atoms with van der Waals surface area (Å²) < 4.78 is 13.3. The number of benzene rings is 4. The highest BCUT2D eigenvalue weighted by molar-refractivity contribution is 5.98. The van der Waals surface area contributed by atoms with Gasteiger partial charge >= 0.3 is 6.09 Å². The average Bonchev–Trinajstić information content (AvgIpc) is 3.16. The zero-order valence-corrected chi connectivity index (χ0v) is 28.8. The molecule has 0 saturated heterocycles. The van der Waals surface area contributed by atoms with Gasteiger partial charge in [0, 0.05) is 50.4 Å². The number of ketones is 1. The van der Waals surface area contributed by atoms with Crippen molar-refractivity contribution < 1.29 is 33.5 Å². The Morgan fingerprint density at radius 1 is 0.750 bits per heavy atom. The van der Waals surface area contributed by atoms with E-state index in [9.17, 15) is 33.5 Å². The molecule has 0 fully saturated rings. The Balaban J connectivity index is 1.14. The Bertz CT molecular complexity index is 1800. The summed E-state index contributed by atoms with van der Waals surface area (Å²) in [5, 5.41) is 17.6. The van der Waals surface area contributed by atoms with Gasteiger partial charge in [-0.05, 0) is 65.8 Å². The Labute approximate surface area is 302 Å². The number of nitrogens with one attached hydrogen (secondary N) is 3. The molecule has 2 atom stereocenters. The molecule has 0 spiro atoms. The highest BCUT2D eigenvalue weighted by Gasteiger charge is 2.34. The third-order valence-electron chi connectivity index (χ3n) is 9.32. The minimum Gasteiger partial charge on any atom is -0.465 e. The van der Waals surface area contributed by atoms with Gasteiger partial charge in [0.1, 0.15) is 17.9 Å². The van der Waals surface area contributed by atoms with Crippen LogP contribution < -0.4 is 16.0 Å². The number of halogens is 1. The molecular formula is C41H43FN4O6.